The lowest BCUT2D eigenvalue weighted by atomic mass is 10.0. The summed E-state index contributed by atoms with van der Waals surface area (Å²) in [5.41, 5.74) is 2.75. The Balaban J connectivity index is 1.84. The maximum Gasteiger partial charge on any atom is 0.251 e. The number of rotatable bonds is 5. The summed E-state index contributed by atoms with van der Waals surface area (Å²) >= 11 is 2.17. The van der Waals surface area contributed by atoms with Gasteiger partial charge in [-0.2, -0.15) is 5.10 Å². The highest BCUT2D eigenvalue weighted by atomic mass is 127. The number of hydrogen-bond donors (Lipinski definition) is 2. The van der Waals surface area contributed by atoms with E-state index in [2.05, 4.69) is 57.2 Å². The van der Waals surface area contributed by atoms with Crippen molar-refractivity contribution in [2.75, 3.05) is 0 Å². The van der Waals surface area contributed by atoms with Crippen molar-refractivity contribution in [2.24, 2.45) is 0 Å². The standard InChI is InChI=1S/C18H18IN3O/c1-2-6-15(12-7-4-3-5-8-12)20-18(23)13-9-10-16-14(11-13)17(19)22-21-16/h3-5,7-11,15H,2,6H2,1H3,(H,20,23)(H,21,22). The van der Waals surface area contributed by atoms with Crippen molar-refractivity contribution < 1.29 is 4.79 Å². The largest absolute Gasteiger partial charge is 0.345 e. The highest BCUT2D eigenvalue weighted by molar-refractivity contribution is 14.1. The molecule has 0 saturated heterocycles. The molecule has 0 aliphatic heterocycles. The van der Waals surface area contributed by atoms with Crippen LogP contribution in [0.1, 0.15) is 41.7 Å². The number of carbonyl (C=O) groups excluding carboxylic acids is 1. The van der Waals surface area contributed by atoms with E-state index in [0.29, 0.717) is 5.56 Å². The lowest BCUT2D eigenvalue weighted by Crippen LogP contribution is -2.28. The quantitative estimate of drug-likeness (QED) is 0.601. The maximum absolute atomic E-state index is 12.6. The molecule has 1 aromatic heterocycles. The van der Waals surface area contributed by atoms with Gasteiger partial charge in [0.1, 0.15) is 3.70 Å². The molecule has 0 spiro atoms. The van der Waals surface area contributed by atoms with Gasteiger partial charge in [-0.15, -0.1) is 0 Å². The summed E-state index contributed by atoms with van der Waals surface area (Å²) < 4.78 is 0.875. The van der Waals surface area contributed by atoms with E-state index in [1.54, 1.807) is 0 Å². The number of fused-ring (bicyclic) bond motifs is 1. The summed E-state index contributed by atoms with van der Waals surface area (Å²) in [6.07, 6.45) is 1.93. The molecule has 2 aromatic carbocycles. The summed E-state index contributed by atoms with van der Waals surface area (Å²) in [6.45, 7) is 2.13. The second-order valence-electron chi connectivity index (χ2n) is 5.50. The van der Waals surface area contributed by atoms with Crippen LogP contribution in [-0.2, 0) is 0 Å². The van der Waals surface area contributed by atoms with Crippen LogP contribution in [0.4, 0.5) is 0 Å². The Kier molecular flexibility index (Phi) is 4.95. The van der Waals surface area contributed by atoms with Gasteiger partial charge in [0.25, 0.3) is 5.91 Å². The first-order valence-electron chi connectivity index (χ1n) is 7.68. The molecule has 0 aliphatic rings. The molecule has 4 nitrogen and oxygen atoms in total. The lowest BCUT2D eigenvalue weighted by Gasteiger charge is -2.18. The number of aromatic nitrogens is 2. The first-order valence-corrected chi connectivity index (χ1v) is 8.76. The summed E-state index contributed by atoms with van der Waals surface area (Å²) in [7, 11) is 0. The van der Waals surface area contributed by atoms with Crippen LogP contribution in [0, 0.1) is 3.70 Å². The number of amides is 1. The Morgan fingerprint density at radius 3 is 2.78 bits per heavy atom. The predicted molar refractivity (Wildman–Crippen MR) is 100 cm³/mol. The van der Waals surface area contributed by atoms with Gasteiger partial charge in [-0.25, -0.2) is 0 Å². The van der Waals surface area contributed by atoms with Crippen molar-refractivity contribution in [3.05, 3.63) is 63.4 Å². The molecule has 0 radical (unpaired) electrons. The fourth-order valence-corrected chi connectivity index (χ4v) is 3.23. The van der Waals surface area contributed by atoms with Gasteiger partial charge in [-0.3, -0.25) is 9.89 Å². The lowest BCUT2D eigenvalue weighted by molar-refractivity contribution is 0.0934. The predicted octanol–water partition coefficient (Wildman–Crippen LogP) is 4.44. The first kappa shape index (κ1) is 16.0. The van der Waals surface area contributed by atoms with Crippen LogP contribution in [0.25, 0.3) is 10.9 Å². The molecule has 0 fully saturated rings. The molecule has 1 amide bonds. The Morgan fingerprint density at radius 2 is 2.04 bits per heavy atom. The van der Waals surface area contributed by atoms with Crippen LogP contribution in [0.15, 0.2) is 48.5 Å². The average Bonchev–Trinajstić information content (AvgIpc) is 2.96. The van der Waals surface area contributed by atoms with E-state index >= 15 is 0 Å². The van der Waals surface area contributed by atoms with E-state index in [1.165, 1.54) is 0 Å². The average molecular weight is 419 g/mol. The number of carbonyl (C=O) groups is 1. The highest BCUT2D eigenvalue weighted by Gasteiger charge is 2.16. The molecule has 0 bridgehead atoms. The zero-order chi connectivity index (χ0) is 16.2. The molecule has 118 valence electrons. The molecule has 0 aliphatic carbocycles. The Bertz CT molecular complexity index is 814. The molecule has 5 heteroatoms. The second kappa shape index (κ2) is 7.12. The zero-order valence-electron chi connectivity index (χ0n) is 12.8. The van der Waals surface area contributed by atoms with E-state index in [0.717, 1.165) is 33.0 Å². The Morgan fingerprint density at radius 1 is 1.26 bits per heavy atom. The number of hydrogen-bond acceptors (Lipinski definition) is 2. The number of aromatic amines is 1. The van der Waals surface area contributed by atoms with Crippen molar-refractivity contribution in [2.45, 2.75) is 25.8 Å². The third-order valence-electron chi connectivity index (χ3n) is 3.86. The van der Waals surface area contributed by atoms with Crippen LogP contribution >= 0.6 is 22.6 Å². The summed E-state index contributed by atoms with van der Waals surface area (Å²) in [5, 5.41) is 11.2. The number of H-pyrrole nitrogens is 1. The van der Waals surface area contributed by atoms with Gasteiger partial charge < -0.3 is 5.32 Å². The molecule has 3 rings (SSSR count). The molecule has 0 saturated carbocycles. The molecule has 1 unspecified atom stereocenters. The molecule has 3 aromatic rings. The van der Waals surface area contributed by atoms with Gasteiger partial charge in [0.2, 0.25) is 0 Å². The highest BCUT2D eigenvalue weighted by Crippen LogP contribution is 2.21. The Hall–Kier alpha value is -1.89. The van der Waals surface area contributed by atoms with Gasteiger partial charge in [0.15, 0.2) is 0 Å². The second-order valence-corrected chi connectivity index (χ2v) is 6.52. The van der Waals surface area contributed by atoms with Gasteiger partial charge in [0, 0.05) is 10.9 Å². The topological polar surface area (TPSA) is 57.8 Å². The number of benzene rings is 2. The van der Waals surface area contributed by atoms with E-state index < -0.39 is 0 Å². The molecule has 1 atom stereocenters. The zero-order valence-corrected chi connectivity index (χ0v) is 15.0. The van der Waals surface area contributed by atoms with Gasteiger partial charge >= 0.3 is 0 Å². The fourth-order valence-electron chi connectivity index (χ4n) is 2.66. The van der Waals surface area contributed by atoms with Crippen LogP contribution in [0.3, 0.4) is 0 Å². The minimum absolute atomic E-state index is 0.0350. The number of halogens is 1. The minimum Gasteiger partial charge on any atom is -0.345 e. The van der Waals surface area contributed by atoms with Crippen molar-refractivity contribution in [1.29, 1.82) is 0 Å². The maximum atomic E-state index is 12.6. The molecule has 23 heavy (non-hydrogen) atoms. The van der Waals surface area contributed by atoms with Crippen molar-refractivity contribution in [1.82, 2.24) is 15.5 Å². The van der Waals surface area contributed by atoms with Crippen LogP contribution in [-0.4, -0.2) is 16.1 Å². The molecular formula is C18H18IN3O. The monoisotopic (exact) mass is 419 g/mol. The summed E-state index contributed by atoms with van der Waals surface area (Å²) in [6, 6.07) is 15.8. The van der Waals surface area contributed by atoms with Crippen LogP contribution in [0.5, 0.6) is 0 Å². The normalized spacial score (nSPS) is 12.3. The van der Waals surface area contributed by atoms with Crippen molar-refractivity contribution in [3.8, 4) is 0 Å². The van der Waals surface area contributed by atoms with Crippen LogP contribution in [0.2, 0.25) is 0 Å². The van der Waals surface area contributed by atoms with Crippen LogP contribution < -0.4 is 5.32 Å². The van der Waals surface area contributed by atoms with E-state index in [9.17, 15) is 4.79 Å². The van der Waals surface area contributed by atoms with E-state index in [-0.39, 0.29) is 11.9 Å². The fraction of sp³-hybridized carbons (Fsp3) is 0.222. The third-order valence-corrected chi connectivity index (χ3v) is 4.69. The van der Waals surface area contributed by atoms with E-state index in [1.807, 2.05) is 36.4 Å². The number of nitrogens with zero attached hydrogens (tertiary/aromatic N) is 1. The van der Waals surface area contributed by atoms with Crippen molar-refractivity contribution in [3.63, 3.8) is 0 Å². The van der Waals surface area contributed by atoms with Gasteiger partial charge in [0.05, 0.1) is 11.6 Å². The summed E-state index contributed by atoms with van der Waals surface area (Å²) in [5.74, 6) is -0.0498. The van der Waals surface area contributed by atoms with Gasteiger partial charge in [-0.1, -0.05) is 43.7 Å². The van der Waals surface area contributed by atoms with E-state index in [4.69, 9.17) is 0 Å². The van der Waals surface area contributed by atoms with Gasteiger partial charge in [-0.05, 0) is 52.8 Å². The Labute approximate surface area is 148 Å². The molecular weight excluding hydrogens is 401 g/mol. The smallest absolute Gasteiger partial charge is 0.251 e. The minimum atomic E-state index is -0.0498. The third kappa shape index (κ3) is 3.55. The molecule has 1 heterocycles. The SMILES string of the molecule is CCCC(NC(=O)c1ccc2[nH]nc(I)c2c1)c1ccccc1. The first-order chi connectivity index (χ1) is 11.2. The number of nitrogens with one attached hydrogen (secondary N) is 2. The van der Waals surface area contributed by atoms with Crippen molar-refractivity contribution >= 4 is 39.4 Å². The summed E-state index contributed by atoms with van der Waals surface area (Å²) in [4.78, 5) is 12.6. The molecule has 2 N–H and O–H groups in total.